The SMILES string of the molecule is Clc1ccc([C@@H]2[NH2+]Cc3ccccc3-n3cccc32)cc1. The topological polar surface area (TPSA) is 21.5 Å². The fraction of sp³-hybridized carbons (Fsp3) is 0.111. The van der Waals surface area contributed by atoms with Crippen LogP contribution in [0.3, 0.4) is 0 Å². The molecule has 3 aromatic rings. The van der Waals surface area contributed by atoms with Gasteiger partial charge in [-0.2, -0.15) is 0 Å². The molecule has 1 aromatic heterocycles. The van der Waals surface area contributed by atoms with Crippen LogP contribution in [0.25, 0.3) is 5.69 Å². The van der Waals surface area contributed by atoms with Crippen molar-refractivity contribution < 1.29 is 5.32 Å². The molecular formula is C18H16ClN2+. The second-order valence-corrected chi connectivity index (χ2v) is 5.84. The molecule has 2 heterocycles. The van der Waals surface area contributed by atoms with Gasteiger partial charge in [0.05, 0.1) is 11.4 Å². The Kier molecular flexibility index (Phi) is 3.06. The number of halogens is 1. The Hall–Kier alpha value is -2.03. The van der Waals surface area contributed by atoms with E-state index in [1.54, 1.807) is 0 Å². The monoisotopic (exact) mass is 295 g/mol. The van der Waals surface area contributed by atoms with Gasteiger partial charge in [-0.05, 0) is 30.3 Å². The lowest BCUT2D eigenvalue weighted by molar-refractivity contribution is -0.702. The minimum Gasteiger partial charge on any atom is -0.331 e. The highest BCUT2D eigenvalue weighted by atomic mass is 35.5. The summed E-state index contributed by atoms with van der Waals surface area (Å²) in [5.41, 5.74) is 5.24. The second-order valence-electron chi connectivity index (χ2n) is 5.40. The van der Waals surface area contributed by atoms with Crippen LogP contribution in [0.15, 0.2) is 66.9 Å². The molecule has 2 aromatic carbocycles. The first-order chi connectivity index (χ1) is 10.3. The van der Waals surface area contributed by atoms with Gasteiger partial charge >= 0.3 is 0 Å². The molecular weight excluding hydrogens is 280 g/mol. The predicted molar refractivity (Wildman–Crippen MR) is 84.7 cm³/mol. The molecule has 21 heavy (non-hydrogen) atoms. The number of nitrogens with zero attached hydrogens (tertiary/aromatic N) is 1. The summed E-state index contributed by atoms with van der Waals surface area (Å²) in [6.07, 6.45) is 2.15. The first-order valence-electron chi connectivity index (χ1n) is 7.17. The summed E-state index contributed by atoms with van der Waals surface area (Å²) in [7, 11) is 0. The van der Waals surface area contributed by atoms with Crippen LogP contribution in [-0.2, 0) is 6.54 Å². The Morgan fingerprint density at radius 1 is 0.952 bits per heavy atom. The van der Waals surface area contributed by atoms with Gasteiger partial charge in [0.2, 0.25) is 0 Å². The van der Waals surface area contributed by atoms with E-state index in [0.717, 1.165) is 11.6 Å². The van der Waals surface area contributed by atoms with Crippen molar-refractivity contribution in [2.75, 3.05) is 0 Å². The molecule has 0 amide bonds. The maximum absolute atomic E-state index is 6.02. The van der Waals surface area contributed by atoms with Gasteiger partial charge in [-0.3, -0.25) is 0 Å². The molecule has 104 valence electrons. The molecule has 3 heteroatoms. The average Bonchev–Trinajstić information content (AvgIpc) is 2.93. The highest BCUT2D eigenvalue weighted by Crippen LogP contribution is 2.27. The Morgan fingerprint density at radius 2 is 1.76 bits per heavy atom. The highest BCUT2D eigenvalue weighted by molar-refractivity contribution is 6.30. The molecule has 0 saturated carbocycles. The Balaban J connectivity index is 1.85. The van der Waals surface area contributed by atoms with Crippen molar-refractivity contribution in [2.24, 2.45) is 0 Å². The van der Waals surface area contributed by atoms with Crippen molar-refractivity contribution in [3.05, 3.63) is 88.7 Å². The summed E-state index contributed by atoms with van der Waals surface area (Å²) in [4.78, 5) is 0. The summed E-state index contributed by atoms with van der Waals surface area (Å²) in [6, 6.07) is 21.4. The normalized spacial score (nSPS) is 16.9. The lowest BCUT2D eigenvalue weighted by Gasteiger charge is -2.15. The summed E-state index contributed by atoms with van der Waals surface area (Å²) in [6.45, 7) is 0.977. The van der Waals surface area contributed by atoms with E-state index in [2.05, 4.69) is 64.6 Å². The first-order valence-corrected chi connectivity index (χ1v) is 7.55. The molecule has 0 radical (unpaired) electrons. The van der Waals surface area contributed by atoms with Gasteiger partial charge in [0.25, 0.3) is 0 Å². The average molecular weight is 296 g/mol. The maximum Gasteiger partial charge on any atom is 0.153 e. The second kappa shape index (κ2) is 5.06. The zero-order chi connectivity index (χ0) is 14.2. The Morgan fingerprint density at radius 3 is 2.62 bits per heavy atom. The molecule has 0 spiro atoms. The minimum absolute atomic E-state index is 0.296. The molecule has 2 nitrogen and oxygen atoms in total. The predicted octanol–water partition coefficient (Wildman–Crippen LogP) is 3.30. The molecule has 0 aliphatic carbocycles. The summed E-state index contributed by atoms with van der Waals surface area (Å²) in [5.74, 6) is 0. The summed E-state index contributed by atoms with van der Waals surface area (Å²) >= 11 is 6.02. The molecule has 0 unspecified atom stereocenters. The summed E-state index contributed by atoms with van der Waals surface area (Å²) in [5, 5.41) is 3.17. The zero-order valence-corrected chi connectivity index (χ0v) is 12.3. The molecule has 2 N–H and O–H groups in total. The van der Waals surface area contributed by atoms with Crippen molar-refractivity contribution in [2.45, 2.75) is 12.6 Å². The van der Waals surface area contributed by atoms with Crippen LogP contribution in [0.2, 0.25) is 5.02 Å². The number of hydrogen-bond donors (Lipinski definition) is 1. The zero-order valence-electron chi connectivity index (χ0n) is 11.5. The number of nitrogens with two attached hydrogens (primary N) is 1. The van der Waals surface area contributed by atoms with Crippen molar-refractivity contribution in [1.82, 2.24) is 4.57 Å². The lowest BCUT2D eigenvalue weighted by atomic mass is 10.0. The number of benzene rings is 2. The fourth-order valence-electron chi connectivity index (χ4n) is 3.13. The minimum atomic E-state index is 0.296. The molecule has 0 fully saturated rings. The Bertz CT molecular complexity index is 774. The lowest BCUT2D eigenvalue weighted by Crippen LogP contribution is -2.83. The third-order valence-electron chi connectivity index (χ3n) is 4.15. The fourth-order valence-corrected chi connectivity index (χ4v) is 3.25. The van der Waals surface area contributed by atoms with Crippen molar-refractivity contribution in [1.29, 1.82) is 0 Å². The number of aromatic nitrogens is 1. The van der Waals surface area contributed by atoms with E-state index in [0.29, 0.717) is 6.04 Å². The molecule has 0 saturated heterocycles. The van der Waals surface area contributed by atoms with Crippen LogP contribution in [0.1, 0.15) is 22.9 Å². The number of para-hydroxylation sites is 1. The van der Waals surface area contributed by atoms with E-state index in [-0.39, 0.29) is 0 Å². The van der Waals surface area contributed by atoms with Gasteiger partial charge in [-0.15, -0.1) is 0 Å². The standard InChI is InChI=1S/C18H15ClN2/c19-15-9-7-13(8-10-15)18-17-6-3-11-21(17)16-5-2-1-4-14(16)12-20-18/h1-11,18,20H,12H2/p+1/t18-/m0/s1. The Labute approximate surface area is 129 Å². The third-order valence-corrected chi connectivity index (χ3v) is 4.40. The largest absolute Gasteiger partial charge is 0.331 e. The van der Waals surface area contributed by atoms with E-state index in [4.69, 9.17) is 11.6 Å². The van der Waals surface area contributed by atoms with Crippen molar-refractivity contribution in [3.8, 4) is 5.69 Å². The summed E-state index contributed by atoms with van der Waals surface area (Å²) < 4.78 is 2.30. The van der Waals surface area contributed by atoms with E-state index in [9.17, 15) is 0 Å². The van der Waals surface area contributed by atoms with Gasteiger partial charge in [0.15, 0.2) is 6.04 Å². The number of fused-ring (bicyclic) bond motifs is 3. The highest BCUT2D eigenvalue weighted by Gasteiger charge is 2.25. The van der Waals surface area contributed by atoms with E-state index in [1.165, 1.54) is 22.5 Å². The number of quaternary nitrogens is 1. The van der Waals surface area contributed by atoms with Crippen LogP contribution in [0.5, 0.6) is 0 Å². The van der Waals surface area contributed by atoms with Crippen molar-refractivity contribution in [3.63, 3.8) is 0 Å². The molecule has 4 rings (SSSR count). The van der Waals surface area contributed by atoms with Crippen molar-refractivity contribution >= 4 is 11.6 Å². The van der Waals surface area contributed by atoms with Gasteiger partial charge in [0, 0.05) is 22.3 Å². The van der Waals surface area contributed by atoms with Gasteiger partial charge in [0.1, 0.15) is 6.54 Å². The van der Waals surface area contributed by atoms with Crippen LogP contribution >= 0.6 is 11.6 Å². The van der Waals surface area contributed by atoms with Gasteiger partial charge in [-0.1, -0.05) is 41.9 Å². The molecule has 1 atom stereocenters. The van der Waals surface area contributed by atoms with Gasteiger partial charge < -0.3 is 9.88 Å². The van der Waals surface area contributed by atoms with E-state index in [1.807, 2.05) is 12.1 Å². The molecule has 0 bridgehead atoms. The number of rotatable bonds is 1. The molecule has 1 aliphatic heterocycles. The van der Waals surface area contributed by atoms with Gasteiger partial charge in [-0.25, -0.2) is 0 Å². The maximum atomic E-state index is 6.02. The quantitative estimate of drug-likeness (QED) is 0.711. The first kappa shape index (κ1) is 12.7. The van der Waals surface area contributed by atoms with Crippen LogP contribution in [-0.4, -0.2) is 4.57 Å². The third kappa shape index (κ3) is 2.17. The van der Waals surface area contributed by atoms with Crippen LogP contribution in [0.4, 0.5) is 0 Å². The smallest absolute Gasteiger partial charge is 0.153 e. The van der Waals surface area contributed by atoms with Crippen LogP contribution in [0, 0.1) is 0 Å². The van der Waals surface area contributed by atoms with E-state index < -0.39 is 0 Å². The van der Waals surface area contributed by atoms with Crippen LogP contribution < -0.4 is 5.32 Å². The number of hydrogen-bond acceptors (Lipinski definition) is 0. The molecule has 1 aliphatic rings. The van der Waals surface area contributed by atoms with E-state index >= 15 is 0 Å².